The summed E-state index contributed by atoms with van der Waals surface area (Å²) in [5.74, 6) is 0.182. The zero-order valence-corrected chi connectivity index (χ0v) is 11.8. The van der Waals surface area contributed by atoms with Crippen LogP contribution in [0.15, 0.2) is 45.5 Å². The molecule has 1 unspecified atom stereocenters. The molecule has 1 amide bonds. The number of amides is 1. The Morgan fingerprint density at radius 1 is 1.39 bits per heavy atom. The van der Waals surface area contributed by atoms with E-state index < -0.39 is 0 Å². The molecule has 0 aliphatic carbocycles. The van der Waals surface area contributed by atoms with Crippen molar-refractivity contribution in [3.05, 3.63) is 58.0 Å². The van der Waals surface area contributed by atoms with Gasteiger partial charge in [0.15, 0.2) is 5.76 Å². The van der Waals surface area contributed by atoms with Crippen LogP contribution in [0.1, 0.15) is 34.6 Å². The lowest BCUT2D eigenvalue weighted by molar-refractivity contribution is 0.0911. The molecule has 18 heavy (non-hydrogen) atoms. The fourth-order valence-electron chi connectivity index (χ4n) is 1.73. The maximum Gasteiger partial charge on any atom is 0.287 e. The van der Waals surface area contributed by atoms with Crippen molar-refractivity contribution < 1.29 is 9.21 Å². The second kappa shape index (κ2) is 5.40. The molecule has 1 N–H and O–H groups in total. The van der Waals surface area contributed by atoms with Crippen molar-refractivity contribution >= 4 is 21.8 Å². The molecule has 3 nitrogen and oxygen atoms in total. The first-order valence-corrected chi connectivity index (χ1v) is 6.47. The van der Waals surface area contributed by atoms with Crippen molar-refractivity contribution in [1.82, 2.24) is 5.32 Å². The minimum absolute atomic E-state index is 0.0699. The molecule has 0 aliphatic rings. The van der Waals surface area contributed by atoms with Crippen LogP contribution in [0.25, 0.3) is 0 Å². The molecule has 1 heterocycles. The van der Waals surface area contributed by atoms with Gasteiger partial charge in [0, 0.05) is 10.0 Å². The van der Waals surface area contributed by atoms with Crippen LogP contribution in [0.5, 0.6) is 0 Å². The summed E-state index contributed by atoms with van der Waals surface area (Å²) in [7, 11) is 0. The highest BCUT2D eigenvalue weighted by Gasteiger charge is 2.15. The minimum Gasteiger partial charge on any atom is -0.459 e. The zero-order valence-electron chi connectivity index (χ0n) is 10.2. The first kappa shape index (κ1) is 12.9. The van der Waals surface area contributed by atoms with Crippen LogP contribution >= 0.6 is 15.9 Å². The largest absolute Gasteiger partial charge is 0.459 e. The minimum atomic E-state index is -0.190. The number of hydrogen-bond donors (Lipinski definition) is 1. The SMILES string of the molecule is Cc1ccoc1C(=O)NC(C)c1cccc(Br)c1. The van der Waals surface area contributed by atoms with Gasteiger partial charge in [0.05, 0.1) is 12.3 Å². The van der Waals surface area contributed by atoms with Crippen molar-refractivity contribution in [2.24, 2.45) is 0 Å². The molecule has 1 atom stereocenters. The molecule has 0 saturated heterocycles. The lowest BCUT2D eigenvalue weighted by atomic mass is 10.1. The molecule has 1 aromatic heterocycles. The Labute approximate surface area is 114 Å². The van der Waals surface area contributed by atoms with Crippen LogP contribution in [0, 0.1) is 6.92 Å². The quantitative estimate of drug-likeness (QED) is 0.936. The molecule has 0 saturated carbocycles. The topological polar surface area (TPSA) is 42.2 Å². The fourth-order valence-corrected chi connectivity index (χ4v) is 2.14. The Morgan fingerprint density at radius 2 is 2.17 bits per heavy atom. The van der Waals surface area contributed by atoms with Gasteiger partial charge in [-0.05, 0) is 37.6 Å². The van der Waals surface area contributed by atoms with Crippen LogP contribution in [-0.4, -0.2) is 5.91 Å². The average Bonchev–Trinajstić information content (AvgIpc) is 2.75. The molecule has 0 fully saturated rings. The van der Waals surface area contributed by atoms with Crippen LogP contribution < -0.4 is 5.32 Å². The Kier molecular flexibility index (Phi) is 3.87. The molecule has 94 valence electrons. The van der Waals surface area contributed by atoms with E-state index in [2.05, 4.69) is 21.2 Å². The third kappa shape index (κ3) is 2.82. The van der Waals surface area contributed by atoms with Gasteiger partial charge in [-0.15, -0.1) is 0 Å². The molecule has 0 radical (unpaired) electrons. The highest BCUT2D eigenvalue weighted by atomic mass is 79.9. The lowest BCUT2D eigenvalue weighted by Crippen LogP contribution is -2.26. The van der Waals surface area contributed by atoms with Crippen LogP contribution in [-0.2, 0) is 0 Å². The predicted octanol–water partition coefficient (Wildman–Crippen LogP) is 3.84. The lowest BCUT2D eigenvalue weighted by Gasteiger charge is -2.14. The van der Waals surface area contributed by atoms with E-state index in [0.717, 1.165) is 15.6 Å². The van der Waals surface area contributed by atoms with Crippen LogP contribution in [0.2, 0.25) is 0 Å². The van der Waals surface area contributed by atoms with Crippen molar-refractivity contribution in [3.8, 4) is 0 Å². The molecule has 4 heteroatoms. The fraction of sp³-hybridized carbons (Fsp3) is 0.214. The Bertz CT molecular complexity index is 562. The van der Waals surface area contributed by atoms with Gasteiger partial charge in [-0.3, -0.25) is 4.79 Å². The summed E-state index contributed by atoms with van der Waals surface area (Å²) in [6.07, 6.45) is 1.52. The Hall–Kier alpha value is -1.55. The highest BCUT2D eigenvalue weighted by Crippen LogP contribution is 2.18. The van der Waals surface area contributed by atoms with E-state index in [1.54, 1.807) is 6.07 Å². The van der Waals surface area contributed by atoms with Gasteiger partial charge < -0.3 is 9.73 Å². The number of nitrogens with one attached hydrogen (secondary N) is 1. The second-order valence-corrected chi connectivity index (χ2v) is 5.10. The monoisotopic (exact) mass is 307 g/mol. The number of rotatable bonds is 3. The van der Waals surface area contributed by atoms with Crippen LogP contribution in [0.3, 0.4) is 0 Å². The summed E-state index contributed by atoms with van der Waals surface area (Å²) >= 11 is 3.42. The van der Waals surface area contributed by atoms with Crippen molar-refractivity contribution in [2.75, 3.05) is 0 Å². The van der Waals surface area contributed by atoms with E-state index in [9.17, 15) is 4.79 Å². The van der Waals surface area contributed by atoms with E-state index in [1.165, 1.54) is 6.26 Å². The normalized spacial score (nSPS) is 12.2. The van der Waals surface area contributed by atoms with Crippen molar-refractivity contribution in [2.45, 2.75) is 19.9 Å². The van der Waals surface area contributed by atoms with E-state index in [4.69, 9.17) is 4.42 Å². The Morgan fingerprint density at radius 3 is 2.78 bits per heavy atom. The highest BCUT2D eigenvalue weighted by molar-refractivity contribution is 9.10. The van der Waals surface area contributed by atoms with Crippen molar-refractivity contribution in [1.29, 1.82) is 0 Å². The van der Waals surface area contributed by atoms with Gasteiger partial charge in [0.1, 0.15) is 0 Å². The second-order valence-electron chi connectivity index (χ2n) is 4.18. The van der Waals surface area contributed by atoms with Crippen LogP contribution in [0.4, 0.5) is 0 Å². The number of carbonyl (C=O) groups excluding carboxylic acids is 1. The Balaban J connectivity index is 2.10. The molecular formula is C14H14BrNO2. The summed E-state index contributed by atoms with van der Waals surface area (Å²) in [5.41, 5.74) is 1.89. The number of carbonyl (C=O) groups is 1. The van der Waals surface area contributed by atoms with E-state index in [-0.39, 0.29) is 11.9 Å². The smallest absolute Gasteiger partial charge is 0.287 e. The maximum atomic E-state index is 12.0. The van der Waals surface area contributed by atoms with Gasteiger partial charge in [0.25, 0.3) is 5.91 Å². The van der Waals surface area contributed by atoms with Gasteiger partial charge in [-0.25, -0.2) is 0 Å². The molecule has 0 spiro atoms. The summed E-state index contributed by atoms with van der Waals surface area (Å²) in [5, 5.41) is 2.91. The van der Waals surface area contributed by atoms with Gasteiger partial charge >= 0.3 is 0 Å². The molecule has 0 aliphatic heterocycles. The summed E-state index contributed by atoms with van der Waals surface area (Å²) < 4.78 is 6.16. The first-order chi connectivity index (χ1) is 8.58. The van der Waals surface area contributed by atoms with Gasteiger partial charge in [-0.2, -0.15) is 0 Å². The molecule has 2 rings (SSSR count). The first-order valence-electron chi connectivity index (χ1n) is 5.68. The molecule has 1 aromatic carbocycles. The molecular weight excluding hydrogens is 294 g/mol. The summed E-state index contributed by atoms with van der Waals surface area (Å²) in [6.45, 7) is 3.79. The maximum absolute atomic E-state index is 12.0. The van der Waals surface area contributed by atoms with E-state index in [1.807, 2.05) is 38.1 Å². The third-order valence-corrected chi connectivity index (χ3v) is 3.26. The number of benzene rings is 1. The number of aryl methyl sites for hydroxylation is 1. The number of furan rings is 1. The third-order valence-electron chi connectivity index (χ3n) is 2.76. The standard InChI is InChI=1S/C14H14BrNO2/c1-9-6-7-18-13(9)14(17)16-10(2)11-4-3-5-12(15)8-11/h3-8,10H,1-2H3,(H,16,17). The van der Waals surface area contributed by atoms with E-state index >= 15 is 0 Å². The van der Waals surface area contributed by atoms with Crippen molar-refractivity contribution in [3.63, 3.8) is 0 Å². The van der Waals surface area contributed by atoms with Gasteiger partial charge in [0.2, 0.25) is 0 Å². The van der Waals surface area contributed by atoms with E-state index in [0.29, 0.717) is 5.76 Å². The van der Waals surface area contributed by atoms with Gasteiger partial charge in [-0.1, -0.05) is 28.1 Å². The average molecular weight is 308 g/mol. The molecule has 2 aromatic rings. The summed E-state index contributed by atoms with van der Waals surface area (Å²) in [4.78, 5) is 12.0. The zero-order chi connectivity index (χ0) is 13.1. The summed E-state index contributed by atoms with van der Waals surface area (Å²) in [6, 6.07) is 9.57. The number of halogens is 1. The number of hydrogen-bond acceptors (Lipinski definition) is 2. The molecule has 0 bridgehead atoms. The predicted molar refractivity (Wildman–Crippen MR) is 73.5 cm³/mol.